The van der Waals surface area contributed by atoms with Crippen LogP contribution >= 0.6 is 22.9 Å². The van der Waals surface area contributed by atoms with Crippen LogP contribution in [-0.4, -0.2) is 46.8 Å². The summed E-state index contributed by atoms with van der Waals surface area (Å²) in [7, 11) is 0. The normalized spacial score (nSPS) is 14.4. The molecule has 0 saturated carbocycles. The van der Waals surface area contributed by atoms with Gasteiger partial charge < -0.3 is 9.80 Å². The molecule has 31 heavy (non-hydrogen) atoms. The van der Waals surface area contributed by atoms with Crippen molar-refractivity contribution in [3.8, 4) is 5.69 Å². The Hall–Kier alpha value is -2.90. The Morgan fingerprint density at radius 2 is 1.71 bits per heavy atom. The standard InChI is InChI=1S/C23H20ClFN4OS/c1-15-16-14-21(31-23(16)29(26-15)19-8-4-2-6-17(19)24)22(30)28-12-10-27(11-13-28)20-9-5-3-7-18(20)25/h2-9,14H,10-13H2,1H3. The fourth-order valence-electron chi connectivity index (χ4n) is 3.95. The number of para-hydroxylation sites is 2. The number of benzene rings is 2. The number of thiophene rings is 1. The Bertz CT molecular complexity index is 1280. The number of anilines is 1. The van der Waals surface area contributed by atoms with Gasteiger partial charge in [0.25, 0.3) is 5.91 Å². The van der Waals surface area contributed by atoms with Gasteiger partial charge in [-0.15, -0.1) is 11.3 Å². The van der Waals surface area contributed by atoms with Gasteiger partial charge in [0.1, 0.15) is 10.6 Å². The summed E-state index contributed by atoms with van der Waals surface area (Å²) >= 11 is 7.80. The van der Waals surface area contributed by atoms with Crippen LogP contribution in [0, 0.1) is 12.7 Å². The smallest absolute Gasteiger partial charge is 0.264 e. The lowest BCUT2D eigenvalue weighted by Gasteiger charge is -2.36. The summed E-state index contributed by atoms with van der Waals surface area (Å²) in [6, 6.07) is 16.2. The Balaban J connectivity index is 1.38. The maximum atomic E-state index is 14.1. The fourth-order valence-corrected chi connectivity index (χ4v) is 5.31. The van der Waals surface area contributed by atoms with E-state index in [1.54, 1.807) is 12.1 Å². The maximum absolute atomic E-state index is 14.1. The van der Waals surface area contributed by atoms with Crippen molar-refractivity contribution in [1.29, 1.82) is 0 Å². The number of hydrogen-bond donors (Lipinski definition) is 0. The Morgan fingerprint density at radius 3 is 2.42 bits per heavy atom. The van der Waals surface area contributed by atoms with Crippen LogP contribution in [0.25, 0.3) is 15.9 Å². The van der Waals surface area contributed by atoms with E-state index in [0.717, 1.165) is 21.6 Å². The molecule has 4 aromatic rings. The largest absolute Gasteiger partial charge is 0.366 e. The second kappa shape index (κ2) is 7.98. The summed E-state index contributed by atoms with van der Waals surface area (Å²) in [5.41, 5.74) is 2.24. The molecule has 1 fully saturated rings. The number of rotatable bonds is 3. The van der Waals surface area contributed by atoms with Gasteiger partial charge in [-0.3, -0.25) is 4.79 Å². The molecule has 0 bridgehead atoms. The van der Waals surface area contributed by atoms with Crippen molar-refractivity contribution in [1.82, 2.24) is 14.7 Å². The molecular weight excluding hydrogens is 435 g/mol. The first-order valence-corrected chi connectivity index (χ1v) is 11.2. The van der Waals surface area contributed by atoms with E-state index in [4.69, 9.17) is 11.6 Å². The van der Waals surface area contributed by atoms with Crippen molar-refractivity contribution in [2.75, 3.05) is 31.1 Å². The molecule has 1 amide bonds. The third kappa shape index (κ3) is 3.58. The molecule has 3 heterocycles. The molecule has 0 unspecified atom stereocenters. The van der Waals surface area contributed by atoms with Crippen molar-refractivity contribution >= 4 is 44.7 Å². The van der Waals surface area contributed by atoms with Crippen LogP contribution < -0.4 is 4.90 Å². The van der Waals surface area contributed by atoms with E-state index in [9.17, 15) is 9.18 Å². The zero-order chi connectivity index (χ0) is 21.5. The fraction of sp³-hybridized carbons (Fsp3) is 0.217. The molecule has 0 atom stereocenters. The minimum atomic E-state index is -0.230. The minimum Gasteiger partial charge on any atom is -0.366 e. The van der Waals surface area contributed by atoms with Gasteiger partial charge in [0.15, 0.2) is 0 Å². The molecule has 0 radical (unpaired) electrons. The number of carbonyl (C=O) groups excluding carboxylic acids is 1. The number of aryl methyl sites for hydroxylation is 1. The number of carbonyl (C=O) groups is 1. The zero-order valence-electron chi connectivity index (χ0n) is 16.9. The highest BCUT2D eigenvalue weighted by Crippen LogP contribution is 2.33. The Morgan fingerprint density at radius 1 is 1.03 bits per heavy atom. The molecule has 0 aliphatic carbocycles. The quantitative estimate of drug-likeness (QED) is 0.430. The SMILES string of the molecule is Cc1nn(-c2ccccc2Cl)c2sc(C(=O)N3CCN(c4ccccc4F)CC3)cc12. The van der Waals surface area contributed by atoms with E-state index >= 15 is 0 Å². The van der Waals surface area contributed by atoms with Crippen LogP contribution in [0.15, 0.2) is 54.6 Å². The number of fused-ring (bicyclic) bond motifs is 1. The van der Waals surface area contributed by atoms with Crippen LogP contribution in [-0.2, 0) is 0 Å². The summed E-state index contributed by atoms with van der Waals surface area (Å²) in [6.07, 6.45) is 0. The molecule has 2 aromatic carbocycles. The molecule has 0 N–H and O–H groups in total. The molecule has 1 saturated heterocycles. The van der Waals surface area contributed by atoms with Crippen molar-refractivity contribution in [2.45, 2.75) is 6.92 Å². The van der Waals surface area contributed by atoms with Gasteiger partial charge in [-0.05, 0) is 37.3 Å². The van der Waals surface area contributed by atoms with Crippen LogP contribution in [0.1, 0.15) is 15.4 Å². The van der Waals surface area contributed by atoms with E-state index in [-0.39, 0.29) is 11.7 Å². The van der Waals surface area contributed by atoms with Gasteiger partial charge in [0.2, 0.25) is 0 Å². The molecular formula is C23H20ClFN4OS. The molecule has 158 valence electrons. The topological polar surface area (TPSA) is 41.4 Å². The van der Waals surface area contributed by atoms with Crippen LogP contribution in [0.5, 0.6) is 0 Å². The molecule has 1 aliphatic heterocycles. The molecule has 5 rings (SSSR count). The van der Waals surface area contributed by atoms with Gasteiger partial charge >= 0.3 is 0 Å². The van der Waals surface area contributed by atoms with Crippen LogP contribution in [0.4, 0.5) is 10.1 Å². The first-order valence-electron chi connectivity index (χ1n) is 10.1. The average molecular weight is 455 g/mol. The number of hydrogen-bond acceptors (Lipinski definition) is 4. The van der Waals surface area contributed by atoms with E-state index in [1.807, 2.05) is 57.8 Å². The highest BCUT2D eigenvalue weighted by atomic mass is 35.5. The van der Waals surface area contributed by atoms with Gasteiger partial charge in [0.05, 0.1) is 27.0 Å². The second-order valence-electron chi connectivity index (χ2n) is 7.51. The van der Waals surface area contributed by atoms with Crippen molar-refractivity contribution in [3.05, 3.63) is 76.0 Å². The lowest BCUT2D eigenvalue weighted by Crippen LogP contribution is -2.48. The molecule has 0 spiro atoms. The predicted octanol–water partition coefficient (Wildman–Crippen LogP) is 5.15. The van der Waals surface area contributed by atoms with E-state index in [0.29, 0.717) is 41.8 Å². The average Bonchev–Trinajstić information content (AvgIpc) is 3.35. The lowest BCUT2D eigenvalue weighted by molar-refractivity contribution is 0.0751. The van der Waals surface area contributed by atoms with E-state index in [1.165, 1.54) is 17.4 Å². The molecule has 1 aliphatic rings. The summed E-state index contributed by atoms with van der Waals surface area (Å²) in [4.78, 5) is 18.6. The lowest BCUT2D eigenvalue weighted by atomic mass is 10.2. The number of nitrogens with zero attached hydrogens (tertiary/aromatic N) is 4. The van der Waals surface area contributed by atoms with Crippen LogP contribution in [0.2, 0.25) is 5.02 Å². The Labute approximate surface area is 188 Å². The van der Waals surface area contributed by atoms with Crippen molar-refractivity contribution in [2.24, 2.45) is 0 Å². The van der Waals surface area contributed by atoms with Crippen molar-refractivity contribution in [3.63, 3.8) is 0 Å². The third-order valence-electron chi connectivity index (χ3n) is 5.60. The first-order chi connectivity index (χ1) is 15.0. The maximum Gasteiger partial charge on any atom is 0.264 e. The summed E-state index contributed by atoms with van der Waals surface area (Å²) in [6.45, 7) is 4.24. The van der Waals surface area contributed by atoms with E-state index in [2.05, 4.69) is 5.10 Å². The first kappa shape index (κ1) is 20.0. The van der Waals surface area contributed by atoms with Gasteiger partial charge in [-0.2, -0.15) is 5.10 Å². The van der Waals surface area contributed by atoms with Crippen molar-refractivity contribution < 1.29 is 9.18 Å². The zero-order valence-corrected chi connectivity index (χ0v) is 18.5. The number of aromatic nitrogens is 2. The van der Waals surface area contributed by atoms with Gasteiger partial charge in [-0.1, -0.05) is 35.9 Å². The molecule has 2 aromatic heterocycles. The van der Waals surface area contributed by atoms with E-state index < -0.39 is 0 Å². The van der Waals surface area contributed by atoms with Gasteiger partial charge in [-0.25, -0.2) is 9.07 Å². The summed E-state index contributed by atoms with van der Waals surface area (Å²) in [5.74, 6) is -0.231. The third-order valence-corrected chi connectivity index (χ3v) is 7.01. The molecule has 5 nitrogen and oxygen atoms in total. The van der Waals surface area contributed by atoms with Gasteiger partial charge in [0, 0.05) is 31.6 Å². The van der Waals surface area contributed by atoms with Crippen LogP contribution in [0.3, 0.4) is 0 Å². The minimum absolute atomic E-state index is 0.000470. The highest BCUT2D eigenvalue weighted by Gasteiger charge is 2.26. The predicted molar refractivity (Wildman–Crippen MR) is 123 cm³/mol. The molecule has 8 heteroatoms. The second-order valence-corrected chi connectivity index (χ2v) is 8.95. The number of halogens is 2. The monoisotopic (exact) mass is 454 g/mol. The number of piperazine rings is 1. The Kier molecular flexibility index (Phi) is 5.16. The highest BCUT2D eigenvalue weighted by molar-refractivity contribution is 7.20. The summed E-state index contributed by atoms with van der Waals surface area (Å²) in [5, 5.41) is 6.19. The number of amides is 1. The summed E-state index contributed by atoms with van der Waals surface area (Å²) < 4.78 is 15.9.